The maximum absolute atomic E-state index is 12.9. The number of amides is 2. The van der Waals surface area contributed by atoms with Crippen LogP contribution >= 0.6 is 0 Å². The van der Waals surface area contributed by atoms with Gasteiger partial charge in [-0.25, -0.2) is 4.39 Å². The third-order valence-electron chi connectivity index (χ3n) is 4.02. The Kier molecular flexibility index (Phi) is 5.31. The van der Waals surface area contributed by atoms with Crippen LogP contribution in [0.5, 0.6) is 11.5 Å². The first-order valence-corrected chi connectivity index (χ1v) is 8.07. The van der Waals surface area contributed by atoms with Crippen molar-refractivity contribution in [3.05, 3.63) is 54.6 Å². The van der Waals surface area contributed by atoms with E-state index in [1.54, 1.807) is 24.5 Å². The van der Waals surface area contributed by atoms with E-state index in [-0.39, 0.29) is 19.3 Å². The second-order valence-corrected chi connectivity index (χ2v) is 5.87. The van der Waals surface area contributed by atoms with Crippen molar-refractivity contribution in [1.29, 1.82) is 0 Å². The predicted molar refractivity (Wildman–Crippen MR) is 89.9 cm³/mol. The average Bonchev–Trinajstić information content (AvgIpc) is 3.06. The van der Waals surface area contributed by atoms with Gasteiger partial charge >= 0.3 is 0 Å². The first kappa shape index (κ1) is 17.7. The van der Waals surface area contributed by atoms with Gasteiger partial charge in [-0.05, 0) is 36.4 Å². The molecular weight excluding hydrogens is 341 g/mol. The zero-order valence-corrected chi connectivity index (χ0v) is 13.9. The van der Waals surface area contributed by atoms with E-state index in [2.05, 4.69) is 4.98 Å². The first-order valence-electron chi connectivity index (χ1n) is 8.07. The summed E-state index contributed by atoms with van der Waals surface area (Å²) in [7, 11) is 0. The third kappa shape index (κ3) is 4.27. The molecule has 2 N–H and O–H groups in total. The molecule has 0 unspecified atom stereocenters. The summed E-state index contributed by atoms with van der Waals surface area (Å²) >= 11 is 0. The van der Waals surface area contributed by atoms with Gasteiger partial charge in [0.05, 0.1) is 12.7 Å². The molecule has 0 spiro atoms. The van der Waals surface area contributed by atoms with Gasteiger partial charge in [-0.1, -0.05) is 0 Å². The SMILES string of the molecule is NC(=O)[C@@H]1C[C@H](Oc2cccnc2)CN1C(=O)COc1ccc(F)cc1. The summed E-state index contributed by atoms with van der Waals surface area (Å²) in [5.41, 5.74) is 5.42. The minimum absolute atomic E-state index is 0.216. The fraction of sp³-hybridized carbons (Fsp3) is 0.278. The van der Waals surface area contributed by atoms with Gasteiger partial charge in [-0.15, -0.1) is 0 Å². The number of aromatic nitrogens is 1. The molecule has 0 aliphatic carbocycles. The van der Waals surface area contributed by atoms with E-state index in [1.165, 1.54) is 29.2 Å². The van der Waals surface area contributed by atoms with Crippen molar-refractivity contribution in [2.45, 2.75) is 18.6 Å². The van der Waals surface area contributed by atoms with E-state index >= 15 is 0 Å². The van der Waals surface area contributed by atoms with E-state index < -0.39 is 23.7 Å². The predicted octanol–water partition coefficient (Wildman–Crippen LogP) is 1.13. The number of ether oxygens (including phenoxy) is 2. The minimum atomic E-state index is -0.763. The number of likely N-dealkylation sites (tertiary alicyclic amines) is 1. The van der Waals surface area contributed by atoms with Crippen LogP contribution in [0.3, 0.4) is 0 Å². The summed E-state index contributed by atoms with van der Waals surface area (Å²) in [6, 6.07) is 8.03. The van der Waals surface area contributed by atoms with Crippen molar-refractivity contribution in [2.24, 2.45) is 5.73 Å². The molecule has 1 saturated heterocycles. The van der Waals surface area contributed by atoms with Gasteiger partial charge in [0.25, 0.3) is 5.91 Å². The fourth-order valence-corrected chi connectivity index (χ4v) is 2.80. The first-order chi connectivity index (χ1) is 12.5. The molecule has 3 rings (SSSR count). The van der Waals surface area contributed by atoms with Crippen LogP contribution in [0.2, 0.25) is 0 Å². The topological polar surface area (TPSA) is 94.8 Å². The summed E-state index contributed by atoms with van der Waals surface area (Å²) < 4.78 is 24.0. The highest BCUT2D eigenvalue weighted by Crippen LogP contribution is 2.23. The lowest BCUT2D eigenvalue weighted by molar-refractivity contribution is -0.139. The molecule has 0 radical (unpaired) electrons. The van der Waals surface area contributed by atoms with Crippen LogP contribution in [0.25, 0.3) is 0 Å². The zero-order chi connectivity index (χ0) is 18.5. The number of nitrogens with zero attached hydrogens (tertiary/aromatic N) is 2. The average molecular weight is 359 g/mol. The Labute approximate surface area is 149 Å². The van der Waals surface area contributed by atoms with E-state index in [1.807, 2.05) is 0 Å². The second kappa shape index (κ2) is 7.81. The number of carbonyl (C=O) groups excluding carboxylic acids is 2. The lowest BCUT2D eigenvalue weighted by Crippen LogP contribution is -2.45. The molecule has 1 aromatic heterocycles. The van der Waals surface area contributed by atoms with Crippen LogP contribution in [0.15, 0.2) is 48.8 Å². The quantitative estimate of drug-likeness (QED) is 0.834. The molecule has 1 aromatic carbocycles. The van der Waals surface area contributed by atoms with Crippen molar-refractivity contribution >= 4 is 11.8 Å². The molecule has 2 heterocycles. The lowest BCUT2D eigenvalue weighted by atomic mass is 10.2. The molecule has 0 bridgehead atoms. The number of primary amides is 1. The number of benzene rings is 1. The Balaban J connectivity index is 1.61. The van der Waals surface area contributed by atoms with Crippen LogP contribution in [0, 0.1) is 5.82 Å². The zero-order valence-electron chi connectivity index (χ0n) is 13.9. The summed E-state index contributed by atoms with van der Waals surface area (Å²) in [5.74, 6) is -0.476. The van der Waals surface area contributed by atoms with Crippen molar-refractivity contribution in [2.75, 3.05) is 13.2 Å². The highest BCUT2D eigenvalue weighted by molar-refractivity contribution is 5.88. The number of pyridine rings is 1. The normalized spacial score (nSPS) is 19.2. The molecule has 7 nitrogen and oxygen atoms in total. The molecular formula is C18H18FN3O4. The summed E-state index contributed by atoms with van der Waals surface area (Å²) in [4.78, 5) is 29.5. The summed E-state index contributed by atoms with van der Waals surface area (Å²) in [6.07, 6.45) is 3.11. The monoisotopic (exact) mass is 359 g/mol. The van der Waals surface area contributed by atoms with Gasteiger partial charge in [0.2, 0.25) is 5.91 Å². The van der Waals surface area contributed by atoms with E-state index in [9.17, 15) is 14.0 Å². The van der Waals surface area contributed by atoms with Crippen molar-refractivity contribution in [3.63, 3.8) is 0 Å². The Morgan fingerprint density at radius 1 is 1.23 bits per heavy atom. The van der Waals surface area contributed by atoms with Crippen molar-refractivity contribution in [1.82, 2.24) is 9.88 Å². The van der Waals surface area contributed by atoms with E-state index in [0.29, 0.717) is 17.9 Å². The standard InChI is InChI=1S/C18H18FN3O4/c19-12-3-5-13(6-4-12)25-11-17(23)22-10-15(8-16(22)18(20)24)26-14-2-1-7-21-9-14/h1-7,9,15-16H,8,10-11H2,(H2,20,24)/t15-,16-/m0/s1. The second-order valence-electron chi connectivity index (χ2n) is 5.87. The van der Waals surface area contributed by atoms with Gasteiger partial charge in [-0.3, -0.25) is 14.6 Å². The van der Waals surface area contributed by atoms with Crippen molar-refractivity contribution < 1.29 is 23.5 Å². The molecule has 136 valence electrons. The number of carbonyl (C=O) groups is 2. The molecule has 0 saturated carbocycles. The van der Waals surface area contributed by atoms with Gasteiger partial charge in [-0.2, -0.15) is 0 Å². The van der Waals surface area contributed by atoms with Gasteiger partial charge in [0.1, 0.15) is 29.5 Å². The lowest BCUT2D eigenvalue weighted by Gasteiger charge is -2.21. The third-order valence-corrected chi connectivity index (χ3v) is 4.02. The molecule has 2 amide bonds. The number of halogens is 1. The molecule has 1 aliphatic heterocycles. The van der Waals surface area contributed by atoms with Crippen LogP contribution in [-0.2, 0) is 9.59 Å². The molecule has 1 aliphatic rings. The van der Waals surface area contributed by atoms with Crippen LogP contribution in [-0.4, -0.2) is 47.0 Å². The van der Waals surface area contributed by atoms with E-state index in [4.69, 9.17) is 15.2 Å². The summed E-state index contributed by atoms with van der Waals surface area (Å²) in [6.45, 7) is -0.0663. The Morgan fingerprint density at radius 2 is 2.00 bits per heavy atom. The van der Waals surface area contributed by atoms with Gasteiger partial charge < -0.3 is 20.1 Å². The number of rotatable bonds is 6. The molecule has 2 aromatic rings. The molecule has 26 heavy (non-hydrogen) atoms. The highest BCUT2D eigenvalue weighted by atomic mass is 19.1. The Bertz CT molecular complexity index is 770. The molecule has 1 fully saturated rings. The largest absolute Gasteiger partial charge is 0.487 e. The van der Waals surface area contributed by atoms with Crippen molar-refractivity contribution in [3.8, 4) is 11.5 Å². The number of hydrogen-bond acceptors (Lipinski definition) is 5. The smallest absolute Gasteiger partial charge is 0.261 e. The number of nitrogens with two attached hydrogens (primary N) is 1. The van der Waals surface area contributed by atoms with Crippen LogP contribution in [0.4, 0.5) is 4.39 Å². The Hall–Kier alpha value is -3.16. The van der Waals surface area contributed by atoms with Gasteiger partial charge in [0, 0.05) is 12.6 Å². The highest BCUT2D eigenvalue weighted by Gasteiger charge is 2.39. The molecule has 2 atom stereocenters. The van der Waals surface area contributed by atoms with Crippen LogP contribution < -0.4 is 15.2 Å². The minimum Gasteiger partial charge on any atom is -0.487 e. The van der Waals surface area contributed by atoms with Crippen LogP contribution in [0.1, 0.15) is 6.42 Å². The summed E-state index contributed by atoms with van der Waals surface area (Å²) in [5, 5.41) is 0. The van der Waals surface area contributed by atoms with Gasteiger partial charge in [0.15, 0.2) is 6.61 Å². The number of hydrogen-bond donors (Lipinski definition) is 1. The maximum Gasteiger partial charge on any atom is 0.261 e. The molecule has 8 heteroatoms. The van der Waals surface area contributed by atoms with E-state index in [0.717, 1.165) is 0 Å². The fourth-order valence-electron chi connectivity index (χ4n) is 2.80. The Morgan fingerprint density at radius 3 is 2.65 bits per heavy atom. The maximum atomic E-state index is 12.9.